The monoisotopic (exact) mass is 418 g/mol. The van der Waals surface area contributed by atoms with Crippen LogP contribution in [0.5, 0.6) is 0 Å². The van der Waals surface area contributed by atoms with E-state index >= 15 is 0 Å². The number of amides is 3. The highest BCUT2D eigenvalue weighted by Crippen LogP contribution is 2.60. The summed E-state index contributed by atoms with van der Waals surface area (Å²) in [6.07, 6.45) is 6.61. The molecule has 4 aliphatic carbocycles. The number of aliphatic hydroxyl groups is 1. The number of likely N-dealkylation sites (tertiary alicyclic amines) is 1. The van der Waals surface area contributed by atoms with E-state index in [9.17, 15) is 14.7 Å². The van der Waals surface area contributed by atoms with Crippen LogP contribution in [0.15, 0.2) is 0 Å². The number of hydrogen-bond donors (Lipinski definition) is 2. The molecule has 6 rings (SSSR count). The summed E-state index contributed by atoms with van der Waals surface area (Å²) in [6, 6.07) is 0.202. The molecule has 0 aromatic heterocycles. The second kappa shape index (κ2) is 7.97. The fourth-order valence-electron chi connectivity index (χ4n) is 7.34. The predicted octanol–water partition coefficient (Wildman–Crippen LogP) is 1.51. The Balaban J connectivity index is 1.18. The molecular formula is C23H38N4O3. The van der Waals surface area contributed by atoms with Gasteiger partial charge in [-0.2, -0.15) is 0 Å². The minimum Gasteiger partial charge on any atom is -0.393 e. The fourth-order valence-corrected chi connectivity index (χ4v) is 7.34. The summed E-state index contributed by atoms with van der Waals surface area (Å²) in [6.45, 7) is 8.14. The number of urea groups is 1. The van der Waals surface area contributed by atoms with Crippen LogP contribution in [0.4, 0.5) is 4.79 Å². The largest absolute Gasteiger partial charge is 0.393 e. The SMILES string of the molecule is CCN1CCN(C(=O)N2CCC[C@H](NC(=O)C34CC5CC(C3)C(O)[C@H](C5)C4)C2)CC1. The van der Waals surface area contributed by atoms with E-state index < -0.39 is 0 Å². The number of carbonyl (C=O) groups excluding carboxylic acids is 2. The molecule has 6 aliphatic rings. The number of aliphatic hydroxyl groups excluding tert-OH is 1. The number of hydrogen-bond acceptors (Lipinski definition) is 4. The van der Waals surface area contributed by atoms with E-state index in [1.807, 2.05) is 9.80 Å². The van der Waals surface area contributed by atoms with Gasteiger partial charge in [0.1, 0.15) is 0 Å². The van der Waals surface area contributed by atoms with E-state index in [0.29, 0.717) is 24.3 Å². The number of likely N-dealkylation sites (N-methyl/N-ethyl adjacent to an activating group) is 1. The lowest BCUT2D eigenvalue weighted by Crippen LogP contribution is -2.61. The molecule has 4 bridgehead atoms. The van der Waals surface area contributed by atoms with Gasteiger partial charge in [-0.1, -0.05) is 6.92 Å². The van der Waals surface area contributed by atoms with Crippen LogP contribution in [0.1, 0.15) is 51.9 Å². The molecule has 0 radical (unpaired) electrons. The molecule has 2 N–H and O–H groups in total. The molecule has 168 valence electrons. The predicted molar refractivity (Wildman–Crippen MR) is 114 cm³/mol. The molecule has 0 aromatic carbocycles. The smallest absolute Gasteiger partial charge is 0.320 e. The molecule has 6 atom stereocenters. The van der Waals surface area contributed by atoms with Gasteiger partial charge in [-0.25, -0.2) is 4.79 Å². The first kappa shape index (κ1) is 20.6. The van der Waals surface area contributed by atoms with Crippen LogP contribution in [-0.4, -0.2) is 89.7 Å². The topological polar surface area (TPSA) is 76.1 Å². The van der Waals surface area contributed by atoms with E-state index in [-0.39, 0.29) is 29.5 Å². The van der Waals surface area contributed by atoms with Gasteiger partial charge in [0, 0.05) is 45.3 Å². The van der Waals surface area contributed by atoms with Crippen LogP contribution in [0.25, 0.3) is 0 Å². The highest BCUT2D eigenvalue weighted by Gasteiger charge is 2.58. The van der Waals surface area contributed by atoms with Crippen molar-refractivity contribution in [2.75, 3.05) is 45.8 Å². The third-order valence-corrected chi connectivity index (χ3v) is 8.82. The van der Waals surface area contributed by atoms with Gasteiger partial charge in [0.25, 0.3) is 0 Å². The summed E-state index contributed by atoms with van der Waals surface area (Å²) in [4.78, 5) is 32.8. The van der Waals surface area contributed by atoms with Crippen molar-refractivity contribution in [3.63, 3.8) is 0 Å². The van der Waals surface area contributed by atoms with Gasteiger partial charge < -0.3 is 25.1 Å². The van der Waals surface area contributed by atoms with Crippen molar-refractivity contribution in [3.8, 4) is 0 Å². The van der Waals surface area contributed by atoms with Crippen LogP contribution in [0.3, 0.4) is 0 Å². The van der Waals surface area contributed by atoms with Gasteiger partial charge in [0.15, 0.2) is 0 Å². The van der Waals surface area contributed by atoms with Crippen molar-refractivity contribution in [2.45, 2.75) is 64.0 Å². The Kier molecular flexibility index (Phi) is 5.46. The van der Waals surface area contributed by atoms with E-state index in [1.165, 1.54) is 0 Å². The Bertz CT molecular complexity index is 661. The molecular weight excluding hydrogens is 380 g/mol. The molecule has 2 heterocycles. The second-order valence-corrected chi connectivity index (χ2v) is 10.7. The normalized spacial score (nSPS) is 41.2. The van der Waals surface area contributed by atoms with Gasteiger partial charge in [0.2, 0.25) is 5.91 Å². The van der Waals surface area contributed by atoms with Gasteiger partial charge in [-0.15, -0.1) is 0 Å². The molecule has 0 aromatic rings. The number of nitrogens with zero attached hydrogens (tertiary/aromatic N) is 3. The maximum absolute atomic E-state index is 13.4. The lowest BCUT2D eigenvalue weighted by Gasteiger charge is -2.58. The Hall–Kier alpha value is -1.34. The average molecular weight is 419 g/mol. The van der Waals surface area contributed by atoms with Gasteiger partial charge in [-0.3, -0.25) is 4.79 Å². The Morgan fingerprint density at radius 3 is 2.37 bits per heavy atom. The number of nitrogens with one attached hydrogen (secondary N) is 1. The van der Waals surface area contributed by atoms with E-state index in [4.69, 9.17) is 0 Å². The summed E-state index contributed by atoms with van der Waals surface area (Å²) >= 11 is 0. The summed E-state index contributed by atoms with van der Waals surface area (Å²) in [5, 5.41) is 13.9. The fraction of sp³-hybridized carbons (Fsp3) is 0.913. The zero-order valence-electron chi connectivity index (χ0n) is 18.4. The Labute approximate surface area is 180 Å². The minimum absolute atomic E-state index is 0.0602. The highest BCUT2D eigenvalue weighted by molar-refractivity contribution is 5.83. The molecule has 3 amide bonds. The van der Waals surface area contributed by atoms with Gasteiger partial charge >= 0.3 is 6.03 Å². The van der Waals surface area contributed by atoms with Gasteiger partial charge in [0.05, 0.1) is 11.5 Å². The van der Waals surface area contributed by atoms with Gasteiger partial charge in [-0.05, 0) is 69.2 Å². The molecule has 7 heteroatoms. The zero-order valence-corrected chi connectivity index (χ0v) is 18.4. The highest BCUT2D eigenvalue weighted by atomic mass is 16.3. The first-order valence-corrected chi connectivity index (χ1v) is 12.2. The summed E-state index contributed by atoms with van der Waals surface area (Å²) < 4.78 is 0. The Morgan fingerprint density at radius 1 is 1.00 bits per heavy atom. The lowest BCUT2D eigenvalue weighted by molar-refractivity contribution is -0.163. The first-order valence-electron chi connectivity index (χ1n) is 12.2. The minimum atomic E-state index is -0.265. The second-order valence-electron chi connectivity index (χ2n) is 10.7. The van der Waals surface area contributed by atoms with Crippen molar-refractivity contribution < 1.29 is 14.7 Å². The zero-order chi connectivity index (χ0) is 20.9. The van der Waals surface area contributed by atoms with Crippen molar-refractivity contribution in [3.05, 3.63) is 0 Å². The maximum atomic E-state index is 13.4. The number of carbonyl (C=O) groups is 2. The van der Waals surface area contributed by atoms with E-state index in [1.54, 1.807) is 0 Å². The van der Waals surface area contributed by atoms with E-state index in [0.717, 1.165) is 84.2 Å². The summed E-state index contributed by atoms with van der Waals surface area (Å²) in [5.41, 5.74) is -0.265. The number of rotatable bonds is 3. The quantitative estimate of drug-likeness (QED) is 0.729. The third kappa shape index (κ3) is 3.62. The molecule has 4 unspecified atom stereocenters. The summed E-state index contributed by atoms with van der Waals surface area (Å²) in [7, 11) is 0. The molecule has 0 spiro atoms. The molecule has 2 saturated heterocycles. The third-order valence-electron chi connectivity index (χ3n) is 8.82. The molecule has 7 nitrogen and oxygen atoms in total. The van der Waals surface area contributed by atoms with Crippen LogP contribution in [0.2, 0.25) is 0 Å². The first-order chi connectivity index (χ1) is 14.5. The molecule has 30 heavy (non-hydrogen) atoms. The van der Waals surface area contributed by atoms with Crippen molar-refractivity contribution in [1.82, 2.24) is 20.0 Å². The average Bonchev–Trinajstić information content (AvgIpc) is 2.76. The number of piperazine rings is 1. The van der Waals surface area contributed by atoms with Crippen LogP contribution in [0, 0.1) is 23.2 Å². The van der Waals surface area contributed by atoms with Crippen molar-refractivity contribution in [2.24, 2.45) is 23.2 Å². The Morgan fingerprint density at radius 2 is 1.70 bits per heavy atom. The van der Waals surface area contributed by atoms with E-state index in [2.05, 4.69) is 17.1 Å². The maximum Gasteiger partial charge on any atom is 0.320 e. The summed E-state index contributed by atoms with van der Waals surface area (Å²) in [5.74, 6) is 1.44. The standard InChI is InChI=1S/C23H38N4O3/c1-2-25-6-8-26(9-7-25)22(30)27-5-3-4-19(15-27)24-21(29)23-12-16-10-17(13-23)20(28)18(11-16)14-23/h16-20,28H,2-15H2,1H3,(H,24,29)/t16?,17-,18?,19+,20?,23?/m1/s1. The molecule has 4 saturated carbocycles. The molecule has 6 fully saturated rings. The van der Waals surface area contributed by atoms with Crippen LogP contribution in [-0.2, 0) is 4.79 Å². The number of piperidine rings is 1. The van der Waals surface area contributed by atoms with Crippen LogP contribution >= 0.6 is 0 Å². The van der Waals surface area contributed by atoms with Crippen molar-refractivity contribution >= 4 is 11.9 Å². The van der Waals surface area contributed by atoms with Crippen LogP contribution < -0.4 is 5.32 Å². The molecule has 2 aliphatic heterocycles. The lowest BCUT2D eigenvalue weighted by atomic mass is 9.48. The van der Waals surface area contributed by atoms with Crippen molar-refractivity contribution in [1.29, 1.82) is 0 Å².